The average Bonchev–Trinajstić information content (AvgIpc) is 2.46. The van der Waals surface area contributed by atoms with E-state index in [1.54, 1.807) is 0 Å². The zero-order valence-corrected chi connectivity index (χ0v) is 11.9. The Morgan fingerprint density at radius 2 is 1.95 bits per heavy atom. The quantitative estimate of drug-likeness (QED) is 0.888. The highest BCUT2D eigenvalue weighted by molar-refractivity contribution is 5.65. The molecule has 1 N–H and O–H groups in total. The lowest BCUT2D eigenvalue weighted by molar-refractivity contribution is 0.723. The van der Waals surface area contributed by atoms with E-state index in [1.165, 1.54) is 16.9 Å². The first kappa shape index (κ1) is 13.6. The minimum atomic E-state index is 0.844. The highest BCUT2D eigenvalue weighted by Crippen LogP contribution is 2.27. The largest absolute Gasteiger partial charge is 0.344 e. The van der Waals surface area contributed by atoms with Gasteiger partial charge in [0.05, 0.1) is 0 Å². The van der Waals surface area contributed by atoms with Crippen molar-refractivity contribution in [2.45, 2.75) is 20.4 Å². The number of benzene rings is 1. The van der Waals surface area contributed by atoms with E-state index in [0.717, 1.165) is 18.8 Å². The molecule has 0 saturated carbocycles. The second kappa shape index (κ2) is 6.34. The summed E-state index contributed by atoms with van der Waals surface area (Å²) in [6.07, 6.45) is 1.97. The second-order valence-corrected chi connectivity index (χ2v) is 4.63. The zero-order chi connectivity index (χ0) is 13.7. The number of anilines is 2. The smallest absolute Gasteiger partial charge is 0.0487 e. The summed E-state index contributed by atoms with van der Waals surface area (Å²) < 4.78 is 0. The summed E-state index contributed by atoms with van der Waals surface area (Å²) in [7, 11) is 2.10. The molecule has 2 aromatic rings. The molecule has 0 atom stereocenters. The molecule has 1 aromatic heterocycles. The molecule has 19 heavy (non-hydrogen) atoms. The Morgan fingerprint density at radius 3 is 2.63 bits per heavy atom. The molecule has 100 valence electrons. The lowest BCUT2D eigenvalue weighted by atomic mass is 10.1. The van der Waals surface area contributed by atoms with Crippen molar-refractivity contribution in [1.29, 1.82) is 0 Å². The molecule has 0 saturated heterocycles. The van der Waals surface area contributed by atoms with E-state index in [0.29, 0.717) is 0 Å². The first-order valence-corrected chi connectivity index (χ1v) is 6.67. The number of nitrogens with zero attached hydrogens (tertiary/aromatic N) is 2. The topological polar surface area (TPSA) is 28.2 Å². The maximum atomic E-state index is 4.40. The summed E-state index contributed by atoms with van der Waals surface area (Å²) in [5.41, 5.74) is 4.65. The van der Waals surface area contributed by atoms with E-state index in [1.807, 2.05) is 19.2 Å². The van der Waals surface area contributed by atoms with Gasteiger partial charge in [0.15, 0.2) is 0 Å². The van der Waals surface area contributed by atoms with Gasteiger partial charge in [0.1, 0.15) is 0 Å². The van der Waals surface area contributed by atoms with Crippen LogP contribution in [0.5, 0.6) is 0 Å². The Morgan fingerprint density at radius 1 is 1.21 bits per heavy atom. The fourth-order valence-corrected chi connectivity index (χ4v) is 2.07. The Bertz CT molecular complexity index is 523. The first-order valence-electron chi connectivity index (χ1n) is 6.67. The van der Waals surface area contributed by atoms with Gasteiger partial charge in [0.2, 0.25) is 0 Å². The molecule has 0 spiro atoms. The van der Waals surface area contributed by atoms with Gasteiger partial charge < -0.3 is 10.2 Å². The third kappa shape index (κ3) is 3.32. The van der Waals surface area contributed by atoms with E-state index in [2.05, 4.69) is 59.5 Å². The van der Waals surface area contributed by atoms with Crippen molar-refractivity contribution in [2.75, 3.05) is 18.5 Å². The van der Waals surface area contributed by atoms with Crippen LogP contribution < -0.4 is 10.2 Å². The van der Waals surface area contributed by atoms with Crippen molar-refractivity contribution < 1.29 is 0 Å². The van der Waals surface area contributed by atoms with Crippen molar-refractivity contribution in [1.82, 2.24) is 10.3 Å². The number of para-hydroxylation sites is 1. The van der Waals surface area contributed by atoms with Crippen LogP contribution in [0.15, 0.2) is 42.6 Å². The van der Waals surface area contributed by atoms with Crippen LogP contribution in [0.25, 0.3) is 0 Å². The van der Waals surface area contributed by atoms with Crippen LogP contribution in [0.2, 0.25) is 0 Å². The Balaban J connectivity index is 2.34. The van der Waals surface area contributed by atoms with Crippen molar-refractivity contribution in [3.8, 4) is 0 Å². The van der Waals surface area contributed by atoms with Gasteiger partial charge in [-0.1, -0.05) is 25.1 Å². The Hall–Kier alpha value is -1.87. The number of nitrogens with one attached hydrogen (secondary N) is 1. The number of hydrogen-bond donors (Lipinski definition) is 1. The maximum absolute atomic E-state index is 4.40. The van der Waals surface area contributed by atoms with Crippen LogP contribution in [0.3, 0.4) is 0 Å². The minimum absolute atomic E-state index is 0.844. The Kier molecular flexibility index (Phi) is 4.53. The monoisotopic (exact) mass is 255 g/mol. The zero-order valence-electron chi connectivity index (χ0n) is 11.9. The molecule has 0 unspecified atom stereocenters. The lowest BCUT2D eigenvalue weighted by Gasteiger charge is -2.23. The molecule has 1 aromatic carbocycles. The normalized spacial score (nSPS) is 10.5. The molecule has 0 aliphatic heterocycles. The molecule has 2 rings (SSSR count). The number of pyridine rings is 1. The molecule has 0 bridgehead atoms. The van der Waals surface area contributed by atoms with E-state index in [9.17, 15) is 0 Å². The van der Waals surface area contributed by atoms with Gasteiger partial charge in [-0.05, 0) is 31.7 Å². The molecular formula is C16H21N3. The van der Waals surface area contributed by atoms with Gasteiger partial charge in [0, 0.05) is 42.4 Å². The fourth-order valence-electron chi connectivity index (χ4n) is 2.07. The summed E-state index contributed by atoms with van der Waals surface area (Å²) in [4.78, 5) is 6.61. The fraction of sp³-hybridized carbons (Fsp3) is 0.312. The summed E-state index contributed by atoms with van der Waals surface area (Å²) in [5, 5.41) is 3.36. The van der Waals surface area contributed by atoms with Crippen LogP contribution in [-0.2, 0) is 6.54 Å². The molecule has 0 radical (unpaired) electrons. The minimum Gasteiger partial charge on any atom is -0.344 e. The van der Waals surface area contributed by atoms with E-state index in [4.69, 9.17) is 0 Å². The van der Waals surface area contributed by atoms with Gasteiger partial charge in [-0.2, -0.15) is 0 Å². The number of aryl methyl sites for hydroxylation is 1. The summed E-state index contributed by atoms with van der Waals surface area (Å²) in [6, 6.07) is 12.5. The van der Waals surface area contributed by atoms with Crippen molar-refractivity contribution in [2.24, 2.45) is 0 Å². The van der Waals surface area contributed by atoms with Gasteiger partial charge in [-0.25, -0.2) is 0 Å². The number of aromatic nitrogens is 1. The number of rotatable bonds is 5. The average molecular weight is 255 g/mol. The molecule has 0 amide bonds. The van der Waals surface area contributed by atoms with Crippen LogP contribution in [0, 0.1) is 6.92 Å². The standard InChI is InChI=1S/C16H21N3/c1-4-17-11-14-12-18-13(2)10-16(14)19(3)15-8-6-5-7-9-15/h5-10,12,17H,4,11H2,1-3H3. The summed E-state index contributed by atoms with van der Waals surface area (Å²) in [6.45, 7) is 5.94. The van der Waals surface area contributed by atoms with E-state index < -0.39 is 0 Å². The second-order valence-electron chi connectivity index (χ2n) is 4.63. The molecule has 1 heterocycles. The predicted octanol–water partition coefficient (Wildman–Crippen LogP) is 3.27. The van der Waals surface area contributed by atoms with E-state index >= 15 is 0 Å². The maximum Gasteiger partial charge on any atom is 0.0487 e. The Labute approximate surface area is 115 Å². The predicted molar refractivity (Wildman–Crippen MR) is 80.9 cm³/mol. The lowest BCUT2D eigenvalue weighted by Crippen LogP contribution is -2.17. The van der Waals surface area contributed by atoms with Crippen LogP contribution in [0.1, 0.15) is 18.2 Å². The summed E-state index contributed by atoms with van der Waals surface area (Å²) in [5.74, 6) is 0. The van der Waals surface area contributed by atoms with Crippen LogP contribution in [-0.4, -0.2) is 18.6 Å². The number of hydrogen-bond acceptors (Lipinski definition) is 3. The third-order valence-corrected chi connectivity index (χ3v) is 3.17. The first-order chi connectivity index (χ1) is 9.22. The van der Waals surface area contributed by atoms with Gasteiger partial charge >= 0.3 is 0 Å². The summed E-state index contributed by atoms with van der Waals surface area (Å²) >= 11 is 0. The van der Waals surface area contributed by atoms with Gasteiger partial charge in [-0.3, -0.25) is 4.98 Å². The SMILES string of the molecule is CCNCc1cnc(C)cc1N(C)c1ccccc1. The molecule has 0 aliphatic rings. The van der Waals surface area contributed by atoms with Crippen molar-refractivity contribution in [3.63, 3.8) is 0 Å². The molecular weight excluding hydrogens is 234 g/mol. The molecule has 0 aliphatic carbocycles. The van der Waals surface area contributed by atoms with E-state index in [-0.39, 0.29) is 0 Å². The molecule has 0 fully saturated rings. The highest BCUT2D eigenvalue weighted by atomic mass is 15.1. The molecule has 3 nitrogen and oxygen atoms in total. The van der Waals surface area contributed by atoms with Crippen molar-refractivity contribution >= 4 is 11.4 Å². The van der Waals surface area contributed by atoms with Gasteiger partial charge in [-0.15, -0.1) is 0 Å². The van der Waals surface area contributed by atoms with Crippen molar-refractivity contribution in [3.05, 3.63) is 53.9 Å². The highest BCUT2D eigenvalue weighted by Gasteiger charge is 2.09. The van der Waals surface area contributed by atoms with Crippen LogP contribution in [0.4, 0.5) is 11.4 Å². The third-order valence-electron chi connectivity index (χ3n) is 3.17. The van der Waals surface area contributed by atoms with Gasteiger partial charge in [0.25, 0.3) is 0 Å². The van der Waals surface area contributed by atoms with Crippen LogP contribution >= 0.6 is 0 Å². The molecule has 3 heteroatoms.